The molecule has 1 heterocycles. The van der Waals surface area contributed by atoms with Gasteiger partial charge >= 0.3 is 5.97 Å². The molecular formula is C11H18N2O3. The quantitative estimate of drug-likeness (QED) is 0.714. The molecule has 2 unspecified atom stereocenters. The van der Waals surface area contributed by atoms with Gasteiger partial charge in [-0.25, -0.2) is 4.79 Å². The highest BCUT2D eigenvalue weighted by molar-refractivity contribution is 6.10. The highest BCUT2D eigenvalue weighted by atomic mass is 16.5. The van der Waals surface area contributed by atoms with Crippen LogP contribution in [0, 0.1) is 5.92 Å². The van der Waals surface area contributed by atoms with Gasteiger partial charge in [0, 0.05) is 5.71 Å². The number of amides is 1. The lowest BCUT2D eigenvalue weighted by molar-refractivity contribution is -0.145. The van der Waals surface area contributed by atoms with Gasteiger partial charge in [-0.2, -0.15) is 0 Å². The van der Waals surface area contributed by atoms with Crippen LogP contribution in [0.25, 0.3) is 0 Å². The summed E-state index contributed by atoms with van der Waals surface area (Å²) < 4.78 is 4.86. The standard InChI is InChI=1S/C11H18N2O3/c1-5-16-11(15)9-7(4)12-8(6(2)3)10(14)13-9/h6,8-9H,5H2,1-4H3,(H,13,14). The molecule has 1 aliphatic heterocycles. The van der Waals surface area contributed by atoms with E-state index in [9.17, 15) is 9.59 Å². The summed E-state index contributed by atoms with van der Waals surface area (Å²) in [6.07, 6.45) is 0. The van der Waals surface area contributed by atoms with E-state index < -0.39 is 18.1 Å². The molecule has 0 aromatic heterocycles. The Morgan fingerprint density at radius 3 is 2.69 bits per heavy atom. The van der Waals surface area contributed by atoms with Crippen molar-refractivity contribution >= 4 is 17.6 Å². The average molecular weight is 226 g/mol. The van der Waals surface area contributed by atoms with Gasteiger partial charge < -0.3 is 10.1 Å². The molecule has 0 aromatic carbocycles. The first-order valence-electron chi connectivity index (χ1n) is 5.48. The highest BCUT2D eigenvalue weighted by Gasteiger charge is 2.34. The van der Waals surface area contributed by atoms with Gasteiger partial charge in [-0.1, -0.05) is 13.8 Å². The van der Waals surface area contributed by atoms with Crippen LogP contribution >= 0.6 is 0 Å². The van der Waals surface area contributed by atoms with E-state index >= 15 is 0 Å². The average Bonchev–Trinajstić information content (AvgIpc) is 2.20. The summed E-state index contributed by atoms with van der Waals surface area (Å²) in [7, 11) is 0. The fraction of sp³-hybridized carbons (Fsp3) is 0.727. The number of carbonyl (C=O) groups is 2. The van der Waals surface area contributed by atoms with E-state index in [2.05, 4.69) is 10.3 Å². The molecular weight excluding hydrogens is 208 g/mol. The van der Waals surface area contributed by atoms with E-state index in [0.29, 0.717) is 12.3 Å². The van der Waals surface area contributed by atoms with Crippen LogP contribution in [0.1, 0.15) is 27.7 Å². The molecule has 1 N–H and O–H groups in total. The van der Waals surface area contributed by atoms with Gasteiger partial charge in [-0.15, -0.1) is 0 Å². The maximum absolute atomic E-state index is 11.7. The van der Waals surface area contributed by atoms with Crippen molar-refractivity contribution < 1.29 is 14.3 Å². The summed E-state index contributed by atoms with van der Waals surface area (Å²) in [5.41, 5.74) is 0.608. The molecule has 0 fully saturated rings. The minimum Gasteiger partial charge on any atom is -0.464 e. The van der Waals surface area contributed by atoms with E-state index in [1.165, 1.54) is 0 Å². The molecule has 1 aliphatic rings. The van der Waals surface area contributed by atoms with Gasteiger partial charge in [-0.3, -0.25) is 9.79 Å². The van der Waals surface area contributed by atoms with Crippen molar-refractivity contribution in [3.05, 3.63) is 0 Å². The summed E-state index contributed by atoms with van der Waals surface area (Å²) >= 11 is 0. The van der Waals surface area contributed by atoms with Crippen LogP contribution in [-0.4, -0.2) is 36.3 Å². The van der Waals surface area contributed by atoms with Gasteiger partial charge in [0.15, 0.2) is 6.04 Å². The molecule has 5 nitrogen and oxygen atoms in total. The van der Waals surface area contributed by atoms with Crippen molar-refractivity contribution in [3.63, 3.8) is 0 Å². The molecule has 0 saturated carbocycles. The Bertz CT molecular complexity index is 323. The third-order valence-electron chi connectivity index (χ3n) is 2.47. The Kier molecular flexibility index (Phi) is 4.04. The lowest BCUT2D eigenvalue weighted by Gasteiger charge is -2.27. The Balaban J connectivity index is 2.83. The first-order valence-corrected chi connectivity index (χ1v) is 5.48. The molecule has 0 saturated heterocycles. The third kappa shape index (κ3) is 2.59. The fourth-order valence-electron chi connectivity index (χ4n) is 1.59. The van der Waals surface area contributed by atoms with E-state index in [-0.39, 0.29) is 11.8 Å². The minimum absolute atomic E-state index is 0.123. The van der Waals surface area contributed by atoms with E-state index in [0.717, 1.165) is 0 Å². The number of hydrogen-bond acceptors (Lipinski definition) is 4. The second kappa shape index (κ2) is 5.09. The summed E-state index contributed by atoms with van der Waals surface area (Å²) in [4.78, 5) is 27.4. The Morgan fingerprint density at radius 1 is 1.56 bits per heavy atom. The number of hydrogen-bond donors (Lipinski definition) is 1. The molecule has 1 amide bonds. The van der Waals surface area contributed by atoms with Crippen molar-refractivity contribution in [1.82, 2.24) is 5.32 Å². The van der Waals surface area contributed by atoms with Crippen LogP contribution in [0.2, 0.25) is 0 Å². The highest BCUT2D eigenvalue weighted by Crippen LogP contribution is 2.13. The topological polar surface area (TPSA) is 67.8 Å². The van der Waals surface area contributed by atoms with Crippen molar-refractivity contribution in [2.45, 2.75) is 39.8 Å². The van der Waals surface area contributed by atoms with Gasteiger partial charge in [0.2, 0.25) is 5.91 Å². The summed E-state index contributed by atoms with van der Waals surface area (Å²) in [6, 6.07) is -1.12. The molecule has 0 spiro atoms. The molecule has 90 valence electrons. The zero-order chi connectivity index (χ0) is 12.3. The van der Waals surface area contributed by atoms with Crippen LogP contribution in [0.15, 0.2) is 4.99 Å². The Hall–Kier alpha value is -1.39. The number of aliphatic imine (C=N–C) groups is 1. The molecule has 0 radical (unpaired) electrons. The first kappa shape index (κ1) is 12.7. The van der Waals surface area contributed by atoms with Crippen molar-refractivity contribution in [2.75, 3.05) is 6.61 Å². The molecule has 1 rings (SSSR count). The molecule has 5 heteroatoms. The number of carbonyl (C=O) groups excluding carboxylic acids is 2. The van der Waals surface area contributed by atoms with E-state index in [1.807, 2.05) is 13.8 Å². The number of nitrogens with zero attached hydrogens (tertiary/aromatic N) is 1. The zero-order valence-electron chi connectivity index (χ0n) is 10.1. The molecule has 0 aliphatic carbocycles. The SMILES string of the molecule is CCOC(=O)C1NC(=O)C(C(C)C)N=C1C. The summed E-state index contributed by atoms with van der Waals surface area (Å²) in [6.45, 7) is 7.60. The summed E-state index contributed by atoms with van der Waals surface area (Å²) in [5, 5.41) is 2.64. The molecule has 16 heavy (non-hydrogen) atoms. The number of ether oxygens (including phenoxy) is 1. The lowest BCUT2D eigenvalue weighted by atomic mass is 10.00. The second-order valence-corrected chi connectivity index (χ2v) is 4.15. The monoisotopic (exact) mass is 226 g/mol. The zero-order valence-corrected chi connectivity index (χ0v) is 10.1. The Morgan fingerprint density at radius 2 is 2.19 bits per heavy atom. The molecule has 0 bridgehead atoms. The normalized spacial score (nSPS) is 25.1. The van der Waals surface area contributed by atoms with Gasteiger partial charge in [-0.05, 0) is 19.8 Å². The van der Waals surface area contributed by atoms with E-state index in [4.69, 9.17) is 4.74 Å². The molecule has 0 aromatic rings. The Labute approximate surface area is 95.3 Å². The van der Waals surface area contributed by atoms with Crippen LogP contribution in [-0.2, 0) is 14.3 Å². The smallest absolute Gasteiger partial charge is 0.334 e. The second-order valence-electron chi connectivity index (χ2n) is 4.15. The fourth-order valence-corrected chi connectivity index (χ4v) is 1.59. The van der Waals surface area contributed by atoms with Crippen LogP contribution < -0.4 is 5.32 Å². The van der Waals surface area contributed by atoms with Crippen LogP contribution in [0.3, 0.4) is 0 Å². The molecule has 2 atom stereocenters. The number of rotatable bonds is 3. The number of esters is 1. The van der Waals surface area contributed by atoms with Gasteiger partial charge in [0.05, 0.1) is 6.61 Å². The minimum atomic E-state index is -0.720. The maximum Gasteiger partial charge on any atom is 0.334 e. The lowest BCUT2D eigenvalue weighted by Crippen LogP contribution is -2.54. The van der Waals surface area contributed by atoms with Crippen molar-refractivity contribution in [2.24, 2.45) is 10.9 Å². The van der Waals surface area contributed by atoms with E-state index in [1.54, 1.807) is 13.8 Å². The van der Waals surface area contributed by atoms with Crippen molar-refractivity contribution in [1.29, 1.82) is 0 Å². The maximum atomic E-state index is 11.7. The number of nitrogens with one attached hydrogen (secondary N) is 1. The third-order valence-corrected chi connectivity index (χ3v) is 2.47. The van der Waals surface area contributed by atoms with Crippen LogP contribution in [0.4, 0.5) is 0 Å². The predicted octanol–water partition coefficient (Wildman–Crippen LogP) is 0.533. The van der Waals surface area contributed by atoms with Crippen molar-refractivity contribution in [3.8, 4) is 0 Å². The van der Waals surface area contributed by atoms with Gasteiger partial charge in [0.25, 0.3) is 0 Å². The summed E-state index contributed by atoms with van der Waals surface area (Å²) in [5.74, 6) is -0.531. The largest absolute Gasteiger partial charge is 0.464 e. The predicted molar refractivity (Wildman–Crippen MR) is 60.3 cm³/mol. The first-order chi connectivity index (χ1) is 7.47. The van der Waals surface area contributed by atoms with Crippen LogP contribution in [0.5, 0.6) is 0 Å². The van der Waals surface area contributed by atoms with Gasteiger partial charge in [0.1, 0.15) is 6.04 Å².